The average molecular weight is 320 g/mol. The van der Waals surface area contributed by atoms with Gasteiger partial charge in [0.1, 0.15) is 5.02 Å². The van der Waals surface area contributed by atoms with E-state index < -0.39 is 4.92 Å². The van der Waals surface area contributed by atoms with Crippen molar-refractivity contribution < 1.29 is 14.3 Å². The SMILES string of the molecule is O=C(C[n+]1ccccc1)NN=Cc1ccc(Cl)c([N+](=O)[O-])c1. The molecular weight excluding hydrogens is 308 g/mol. The van der Waals surface area contributed by atoms with Crippen molar-refractivity contribution >= 4 is 29.4 Å². The van der Waals surface area contributed by atoms with Crippen molar-refractivity contribution in [2.75, 3.05) is 0 Å². The number of nitrogens with one attached hydrogen (secondary N) is 1. The van der Waals surface area contributed by atoms with Gasteiger partial charge in [0.25, 0.3) is 5.69 Å². The van der Waals surface area contributed by atoms with Gasteiger partial charge in [-0.1, -0.05) is 23.7 Å². The topological polar surface area (TPSA) is 88.5 Å². The van der Waals surface area contributed by atoms with Gasteiger partial charge in [0, 0.05) is 23.8 Å². The van der Waals surface area contributed by atoms with Crippen molar-refractivity contribution in [3.05, 3.63) is 69.5 Å². The van der Waals surface area contributed by atoms with E-state index in [0.29, 0.717) is 5.56 Å². The van der Waals surface area contributed by atoms with Crippen LogP contribution >= 0.6 is 11.6 Å². The number of hydrogen-bond donors (Lipinski definition) is 1. The number of nitrogens with zero attached hydrogens (tertiary/aromatic N) is 3. The fraction of sp³-hybridized carbons (Fsp3) is 0.0714. The van der Waals surface area contributed by atoms with Gasteiger partial charge in [-0.25, -0.2) is 5.43 Å². The Bertz CT molecular complexity index is 719. The highest BCUT2D eigenvalue weighted by atomic mass is 35.5. The Hall–Kier alpha value is -2.80. The Balaban J connectivity index is 1.96. The van der Waals surface area contributed by atoms with Gasteiger partial charge in [-0.05, 0) is 6.07 Å². The van der Waals surface area contributed by atoms with Crippen LogP contribution in [0.25, 0.3) is 0 Å². The van der Waals surface area contributed by atoms with E-state index in [1.54, 1.807) is 23.0 Å². The first kappa shape index (κ1) is 15.6. The first-order chi connectivity index (χ1) is 10.6. The van der Waals surface area contributed by atoms with Crippen LogP contribution in [0.1, 0.15) is 5.56 Å². The van der Waals surface area contributed by atoms with Crippen molar-refractivity contribution in [3.8, 4) is 0 Å². The van der Waals surface area contributed by atoms with Gasteiger partial charge in [-0.3, -0.25) is 14.9 Å². The van der Waals surface area contributed by atoms with Crippen molar-refractivity contribution in [2.45, 2.75) is 6.54 Å². The number of carbonyl (C=O) groups is 1. The summed E-state index contributed by atoms with van der Waals surface area (Å²) in [5.74, 6) is -0.309. The number of aromatic nitrogens is 1. The monoisotopic (exact) mass is 319 g/mol. The molecule has 0 aliphatic heterocycles. The lowest BCUT2D eigenvalue weighted by Gasteiger charge is -1.98. The Kier molecular flexibility index (Phi) is 5.16. The van der Waals surface area contributed by atoms with E-state index in [4.69, 9.17) is 11.6 Å². The molecular formula is C14H12ClN4O3+. The molecule has 0 atom stereocenters. The molecule has 1 N–H and O–H groups in total. The van der Waals surface area contributed by atoms with Crippen LogP contribution in [-0.2, 0) is 11.3 Å². The lowest BCUT2D eigenvalue weighted by Crippen LogP contribution is -2.40. The quantitative estimate of drug-likeness (QED) is 0.393. The van der Waals surface area contributed by atoms with Crippen LogP contribution < -0.4 is 9.99 Å². The second kappa shape index (κ2) is 7.28. The summed E-state index contributed by atoms with van der Waals surface area (Å²) in [4.78, 5) is 21.8. The Morgan fingerprint density at radius 3 is 2.77 bits per heavy atom. The molecule has 0 bridgehead atoms. The molecule has 0 saturated heterocycles. The van der Waals surface area contributed by atoms with E-state index in [1.807, 2.05) is 18.2 Å². The van der Waals surface area contributed by atoms with Gasteiger partial charge < -0.3 is 0 Å². The molecule has 0 radical (unpaired) electrons. The van der Waals surface area contributed by atoms with Crippen LogP contribution in [0.15, 0.2) is 53.9 Å². The average Bonchev–Trinajstić information content (AvgIpc) is 2.49. The minimum atomic E-state index is -0.579. The maximum Gasteiger partial charge on any atom is 0.305 e. The number of rotatable bonds is 5. The highest BCUT2D eigenvalue weighted by molar-refractivity contribution is 6.32. The minimum Gasteiger partial charge on any atom is -0.266 e. The summed E-state index contributed by atoms with van der Waals surface area (Å²) >= 11 is 5.71. The van der Waals surface area contributed by atoms with Crippen LogP contribution in [0, 0.1) is 10.1 Å². The van der Waals surface area contributed by atoms with E-state index in [0.717, 1.165) is 0 Å². The van der Waals surface area contributed by atoms with Crippen molar-refractivity contribution in [3.63, 3.8) is 0 Å². The van der Waals surface area contributed by atoms with Crippen molar-refractivity contribution in [2.24, 2.45) is 5.10 Å². The van der Waals surface area contributed by atoms with E-state index >= 15 is 0 Å². The van der Waals surface area contributed by atoms with Crippen LogP contribution in [0.2, 0.25) is 5.02 Å². The minimum absolute atomic E-state index is 0.0478. The molecule has 22 heavy (non-hydrogen) atoms. The molecule has 0 aliphatic rings. The fourth-order valence-corrected chi connectivity index (χ4v) is 1.86. The van der Waals surface area contributed by atoms with Gasteiger partial charge in [0.2, 0.25) is 6.54 Å². The Morgan fingerprint density at radius 1 is 1.36 bits per heavy atom. The van der Waals surface area contributed by atoms with E-state index in [9.17, 15) is 14.9 Å². The van der Waals surface area contributed by atoms with E-state index in [1.165, 1.54) is 18.3 Å². The predicted octanol–water partition coefficient (Wildman–Crippen LogP) is 1.69. The van der Waals surface area contributed by atoms with Gasteiger partial charge in [-0.15, -0.1) is 0 Å². The molecule has 1 aromatic heterocycles. The molecule has 1 aromatic carbocycles. The summed E-state index contributed by atoms with van der Waals surface area (Å²) in [6.45, 7) is 0.124. The molecule has 0 fully saturated rings. The zero-order valence-electron chi connectivity index (χ0n) is 11.3. The third kappa shape index (κ3) is 4.35. The molecule has 1 amide bonds. The number of nitro benzene ring substituents is 1. The number of pyridine rings is 1. The maximum absolute atomic E-state index is 11.7. The molecule has 0 unspecified atom stereocenters. The number of hydrogen-bond acceptors (Lipinski definition) is 4. The number of carbonyl (C=O) groups excluding carboxylic acids is 1. The lowest BCUT2D eigenvalue weighted by molar-refractivity contribution is -0.684. The highest BCUT2D eigenvalue weighted by Crippen LogP contribution is 2.24. The molecule has 0 saturated carbocycles. The van der Waals surface area contributed by atoms with Crippen LogP contribution in [0.5, 0.6) is 0 Å². The van der Waals surface area contributed by atoms with E-state index in [2.05, 4.69) is 10.5 Å². The molecule has 0 aliphatic carbocycles. The molecule has 7 nitrogen and oxygen atoms in total. The molecule has 8 heteroatoms. The maximum atomic E-state index is 11.7. The fourth-order valence-electron chi connectivity index (χ4n) is 1.67. The Morgan fingerprint density at radius 2 is 2.09 bits per heavy atom. The zero-order valence-corrected chi connectivity index (χ0v) is 12.1. The molecule has 112 valence electrons. The summed E-state index contributed by atoms with van der Waals surface area (Å²) in [6, 6.07) is 9.72. The molecule has 2 aromatic rings. The van der Waals surface area contributed by atoms with E-state index in [-0.39, 0.29) is 23.2 Å². The standard InChI is InChI=1S/C14H11ClN4O3/c15-12-5-4-11(8-13(12)19(21)22)9-16-17-14(20)10-18-6-2-1-3-7-18/h1-9H,10H2/p+1. The first-order valence-electron chi connectivity index (χ1n) is 6.26. The van der Waals surface area contributed by atoms with Crippen LogP contribution in [-0.4, -0.2) is 17.0 Å². The number of benzene rings is 1. The smallest absolute Gasteiger partial charge is 0.266 e. The molecule has 0 spiro atoms. The molecule has 2 rings (SSSR count). The van der Waals surface area contributed by atoms with Gasteiger partial charge >= 0.3 is 5.91 Å². The van der Waals surface area contributed by atoms with Gasteiger partial charge in [0.15, 0.2) is 12.4 Å². The summed E-state index contributed by atoms with van der Waals surface area (Å²) in [6.07, 6.45) is 4.83. The normalized spacial score (nSPS) is 10.6. The summed E-state index contributed by atoms with van der Waals surface area (Å²) < 4.78 is 1.69. The zero-order chi connectivity index (χ0) is 15.9. The number of nitro groups is 1. The lowest BCUT2D eigenvalue weighted by atomic mass is 10.2. The molecule has 1 heterocycles. The van der Waals surface area contributed by atoms with Crippen molar-refractivity contribution in [1.82, 2.24) is 5.43 Å². The third-order valence-electron chi connectivity index (χ3n) is 2.67. The first-order valence-corrected chi connectivity index (χ1v) is 6.64. The van der Waals surface area contributed by atoms with Gasteiger partial charge in [0.05, 0.1) is 11.1 Å². The predicted molar refractivity (Wildman–Crippen MR) is 80.5 cm³/mol. The number of amides is 1. The highest BCUT2D eigenvalue weighted by Gasteiger charge is 2.12. The van der Waals surface area contributed by atoms with Gasteiger partial charge in [-0.2, -0.15) is 9.67 Å². The van der Waals surface area contributed by atoms with Crippen LogP contribution in [0.3, 0.4) is 0 Å². The van der Waals surface area contributed by atoms with Crippen molar-refractivity contribution in [1.29, 1.82) is 0 Å². The second-order valence-corrected chi connectivity index (χ2v) is 4.72. The Labute approximate surface area is 131 Å². The summed E-state index contributed by atoms with van der Waals surface area (Å²) in [7, 11) is 0. The number of halogens is 1. The summed E-state index contributed by atoms with van der Waals surface area (Å²) in [5, 5.41) is 14.6. The third-order valence-corrected chi connectivity index (χ3v) is 2.99. The largest absolute Gasteiger partial charge is 0.305 e. The van der Waals surface area contributed by atoms with Crippen LogP contribution in [0.4, 0.5) is 5.69 Å². The number of hydrazone groups is 1. The second-order valence-electron chi connectivity index (χ2n) is 4.31. The summed E-state index contributed by atoms with van der Waals surface area (Å²) in [5.41, 5.74) is 2.60.